The predicted octanol–water partition coefficient (Wildman–Crippen LogP) is 4.62. The highest BCUT2D eigenvalue weighted by molar-refractivity contribution is 6.35. The lowest BCUT2D eigenvalue weighted by atomic mass is 10.2. The molecule has 0 fully saturated rings. The Morgan fingerprint density at radius 3 is 2.50 bits per heavy atom. The zero-order valence-corrected chi connectivity index (χ0v) is 18.4. The third-order valence-electron chi connectivity index (χ3n) is 3.86. The standard InChI is InChI=1S/C21H20Cl2F2N2O5/c1-30-18-11-13(4-7-17(18)32-21(24)25)5-9-20(29)27-26-19(28)3-2-10-31-16-8-6-14(22)12-15(16)23/h4-9,11-12,21H,2-3,10H2,1H3,(H,26,28)(H,27,29)/b9-5+. The number of hydrogen-bond donors (Lipinski definition) is 2. The molecular formula is C21H20Cl2F2N2O5. The van der Waals surface area contributed by atoms with Gasteiger partial charge in [0.15, 0.2) is 11.5 Å². The molecule has 0 radical (unpaired) electrons. The molecule has 2 rings (SSSR count). The van der Waals surface area contributed by atoms with Crippen LogP contribution in [0.3, 0.4) is 0 Å². The van der Waals surface area contributed by atoms with Gasteiger partial charge in [-0.3, -0.25) is 20.4 Å². The van der Waals surface area contributed by atoms with Crippen molar-refractivity contribution in [1.82, 2.24) is 10.9 Å². The molecule has 172 valence electrons. The number of halogens is 4. The SMILES string of the molecule is COc1cc(/C=C/C(=O)NNC(=O)CCCOc2ccc(Cl)cc2Cl)ccc1OC(F)F. The number of alkyl halides is 2. The second-order valence-corrected chi connectivity index (χ2v) is 7.03. The Labute approximate surface area is 193 Å². The van der Waals surface area contributed by atoms with Gasteiger partial charge in [-0.15, -0.1) is 0 Å². The van der Waals surface area contributed by atoms with Crippen LogP contribution in [-0.2, 0) is 9.59 Å². The number of hydrazine groups is 1. The minimum Gasteiger partial charge on any atom is -0.493 e. The molecule has 0 aliphatic rings. The Bertz CT molecular complexity index is 973. The first-order chi connectivity index (χ1) is 15.3. The molecule has 0 saturated heterocycles. The molecule has 0 aromatic heterocycles. The number of carbonyl (C=O) groups is 2. The topological polar surface area (TPSA) is 85.9 Å². The molecule has 32 heavy (non-hydrogen) atoms. The minimum atomic E-state index is -2.98. The second kappa shape index (κ2) is 12.7. The van der Waals surface area contributed by atoms with Crippen molar-refractivity contribution >= 4 is 41.1 Å². The molecule has 2 aromatic carbocycles. The van der Waals surface area contributed by atoms with Crippen LogP contribution < -0.4 is 25.1 Å². The van der Waals surface area contributed by atoms with Gasteiger partial charge < -0.3 is 14.2 Å². The molecule has 0 unspecified atom stereocenters. The van der Waals surface area contributed by atoms with Crippen LogP contribution in [0.5, 0.6) is 17.2 Å². The Kier molecular flexibility index (Phi) is 10.0. The predicted molar refractivity (Wildman–Crippen MR) is 116 cm³/mol. The third kappa shape index (κ3) is 8.60. The van der Waals surface area contributed by atoms with Gasteiger partial charge >= 0.3 is 6.61 Å². The molecule has 0 aliphatic heterocycles. The van der Waals surface area contributed by atoms with Crippen LogP contribution in [-0.4, -0.2) is 32.1 Å². The molecule has 0 bridgehead atoms. The van der Waals surface area contributed by atoms with E-state index in [1.807, 2.05) is 0 Å². The van der Waals surface area contributed by atoms with Crippen LogP contribution in [0.2, 0.25) is 10.0 Å². The fourth-order valence-corrected chi connectivity index (χ4v) is 2.86. The fourth-order valence-electron chi connectivity index (χ4n) is 2.40. The monoisotopic (exact) mass is 488 g/mol. The van der Waals surface area contributed by atoms with Gasteiger partial charge in [0.2, 0.25) is 5.91 Å². The van der Waals surface area contributed by atoms with E-state index in [-0.39, 0.29) is 24.5 Å². The number of ether oxygens (including phenoxy) is 3. The number of benzene rings is 2. The number of carbonyl (C=O) groups excluding carboxylic acids is 2. The number of rotatable bonds is 10. The first-order valence-electron chi connectivity index (χ1n) is 9.26. The summed E-state index contributed by atoms with van der Waals surface area (Å²) in [6.45, 7) is -2.74. The Hall–Kier alpha value is -3.04. The van der Waals surface area contributed by atoms with E-state index in [0.29, 0.717) is 27.8 Å². The highest BCUT2D eigenvalue weighted by Crippen LogP contribution is 2.30. The number of hydrogen-bond acceptors (Lipinski definition) is 5. The lowest BCUT2D eigenvalue weighted by Gasteiger charge is -2.10. The lowest BCUT2D eigenvalue weighted by molar-refractivity contribution is -0.126. The molecule has 0 saturated carbocycles. The summed E-state index contributed by atoms with van der Waals surface area (Å²) in [5.41, 5.74) is 5.01. The van der Waals surface area contributed by atoms with Crippen LogP contribution in [0.25, 0.3) is 6.08 Å². The Morgan fingerprint density at radius 1 is 1.06 bits per heavy atom. The van der Waals surface area contributed by atoms with Gasteiger partial charge in [-0.05, 0) is 48.4 Å². The van der Waals surface area contributed by atoms with E-state index in [2.05, 4.69) is 15.6 Å². The largest absolute Gasteiger partial charge is 0.493 e. The average Bonchev–Trinajstić information content (AvgIpc) is 2.75. The average molecular weight is 489 g/mol. The smallest absolute Gasteiger partial charge is 0.387 e. The molecule has 2 amide bonds. The molecule has 7 nitrogen and oxygen atoms in total. The van der Waals surface area contributed by atoms with Crippen molar-refractivity contribution in [3.63, 3.8) is 0 Å². The maximum Gasteiger partial charge on any atom is 0.387 e. The normalized spacial score (nSPS) is 10.8. The second-order valence-electron chi connectivity index (χ2n) is 6.19. The lowest BCUT2D eigenvalue weighted by Crippen LogP contribution is -2.40. The molecule has 0 aliphatic carbocycles. The van der Waals surface area contributed by atoms with Crippen molar-refractivity contribution in [2.75, 3.05) is 13.7 Å². The summed E-state index contributed by atoms with van der Waals surface area (Å²) in [4.78, 5) is 23.7. The van der Waals surface area contributed by atoms with Crippen molar-refractivity contribution in [3.05, 3.63) is 58.1 Å². The summed E-state index contributed by atoms with van der Waals surface area (Å²) in [7, 11) is 1.30. The molecule has 0 heterocycles. The summed E-state index contributed by atoms with van der Waals surface area (Å²) in [6, 6.07) is 9.01. The molecular weight excluding hydrogens is 469 g/mol. The summed E-state index contributed by atoms with van der Waals surface area (Å²) < 4.78 is 39.5. The van der Waals surface area contributed by atoms with E-state index in [1.165, 1.54) is 31.4 Å². The van der Waals surface area contributed by atoms with Crippen molar-refractivity contribution < 1.29 is 32.6 Å². The van der Waals surface area contributed by atoms with Crippen LogP contribution >= 0.6 is 23.2 Å². The molecule has 0 atom stereocenters. The van der Waals surface area contributed by atoms with E-state index in [1.54, 1.807) is 18.2 Å². The third-order valence-corrected chi connectivity index (χ3v) is 4.39. The van der Waals surface area contributed by atoms with Crippen molar-refractivity contribution in [1.29, 1.82) is 0 Å². The minimum absolute atomic E-state index is 0.0864. The van der Waals surface area contributed by atoms with Crippen molar-refractivity contribution in [3.8, 4) is 17.2 Å². The highest BCUT2D eigenvalue weighted by Gasteiger charge is 2.10. The maximum absolute atomic E-state index is 12.4. The van der Waals surface area contributed by atoms with E-state index in [0.717, 1.165) is 6.08 Å². The Balaban J connectivity index is 1.72. The summed E-state index contributed by atoms with van der Waals surface area (Å²) in [5.74, 6) is -0.579. The van der Waals surface area contributed by atoms with Gasteiger partial charge in [-0.2, -0.15) is 8.78 Å². The van der Waals surface area contributed by atoms with Gasteiger partial charge in [0.05, 0.1) is 18.7 Å². The summed E-state index contributed by atoms with van der Waals surface area (Å²) in [5, 5.41) is 0.859. The van der Waals surface area contributed by atoms with Gasteiger partial charge in [-0.25, -0.2) is 0 Å². The zero-order chi connectivity index (χ0) is 23.5. The fraction of sp³-hybridized carbons (Fsp3) is 0.238. The van der Waals surface area contributed by atoms with Crippen molar-refractivity contribution in [2.24, 2.45) is 0 Å². The van der Waals surface area contributed by atoms with Crippen LogP contribution in [0.15, 0.2) is 42.5 Å². The van der Waals surface area contributed by atoms with Crippen LogP contribution in [0.4, 0.5) is 8.78 Å². The molecule has 0 spiro atoms. The van der Waals surface area contributed by atoms with Gasteiger partial charge in [0, 0.05) is 17.5 Å². The van der Waals surface area contributed by atoms with Crippen LogP contribution in [0, 0.1) is 0 Å². The Morgan fingerprint density at radius 2 is 1.81 bits per heavy atom. The van der Waals surface area contributed by atoms with Crippen LogP contribution in [0.1, 0.15) is 18.4 Å². The maximum atomic E-state index is 12.4. The van der Waals surface area contributed by atoms with Gasteiger partial charge in [0.1, 0.15) is 5.75 Å². The number of nitrogens with one attached hydrogen (secondary N) is 2. The molecule has 2 aromatic rings. The summed E-state index contributed by atoms with van der Waals surface area (Å²) >= 11 is 11.8. The molecule has 11 heteroatoms. The van der Waals surface area contributed by atoms with E-state index >= 15 is 0 Å². The number of methoxy groups -OCH3 is 1. The quantitative estimate of drug-likeness (QED) is 0.289. The van der Waals surface area contributed by atoms with Crippen molar-refractivity contribution in [2.45, 2.75) is 19.5 Å². The summed E-state index contributed by atoms with van der Waals surface area (Å²) in [6.07, 6.45) is 3.08. The van der Waals surface area contributed by atoms with E-state index in [4.69, 9.17) is 32.7 Å². The van der Waals surface area contributed by atoms with Gasteiger partial charge in [-0.1, -0.05) is 29.3 Å². The molecule has 2 N–H and O–H groups in total. The van der Waals surface area contributed by atoms with Gasteiger partial charge in [0.25, 0.3) is 5.91 Å². The first-order valence-corrected chi connectivity index (χ1v) is 10.0. The van der Waals surface area contributed by atoms with E-state index in [9.17, 15) is 18.4 Å². The zero-order valence-electron chi connectivity index (χ0n) is 16.9. The number of amides is 2. The van der Waals surface area contributed by atoms with E-state index < -0.39 is 18.4 Å². The first kappa shape index (κ1) is 25.2. The highest BCUT2D eigenvalue weighted by atomic mass is 35.5.